The number of methoxy groups -OCH3 is 1. The molecule has 0 bridgehead atoms. The predicted molar refractivity (Wildman–Crippen MR) is 107 cm³/mol. The molecule has 0 radical (unpaired) electrons. The number of alkyl halides is 3. The van der Waals surface area contributed by atoms with E-state index in [-0.39, 0.29) is 11.7 Å². The second-order valence-corrected chi connectivity index (χ2v) is 8.92. The molecule has 0 saturated carbocycles. The summed E-state index contributed by atoms with van der Waals surface area (Å²) in [6, 6.07) is 5.15. The van der Waals surface area contributed by atoms with Crippen LogP contribution in [0.2, 0.25) is 0 Å². The number of carbonyl (C=O) groups is 2. The lowest BCUT2D eigenvalue weighted by atomic mass is 9.82. The van der Waals surface area contributed by atoms with Crippen LogP contribution in [0, 0.1) is 11.8 Å². The SMILES string of the molecule is COC(=O)C1CC=CCC1C(=O)Nc1ccc2nc(SCCC(F)(F)F)sc2c1. The van der Waals surface area contributed by atoms with Gasteiger partial charge in [0, 0.05) is 11.4 Å². The number of esters is 1. The van der Waals surface area contributed by atoms with Gasteiger partial charge in [0.15, 0.2) is 4.34 Å². The van der Waals surface area contributed by atoms with Crippen LogP contribution in [-0.4, -0.2) is 35.9 Å². The molecule has 2 unspecified atom stereocenters. The smallest absolute Gasteiger partial charge is 0.389 e. The van der Waals surface area contributed by atoms with Crippen molar-refractivity contribution in [3.63, 3.8) is 0 Å². The lowest BCUT2D eigenvalue weighted by Crippen LogP contribution is -2.35. The molecule has 1 amide bonds. The molecule has 2 aromatic rings. The van der Waals surface area contributed by atoms with E-state index in [0.717, 1.165) is 16.5 Å². The van der Waals surface area contributed by atoms with Gasteiger partial charge in [0.05, 0.1) is 35.6 Å². The second kappa shape index (κ2) is 9.17. The van der Waals surface area contributed by atoms with Crippen LogP contribution in [0.4, 0.5) is 18.9 Å². The molecular weight excluding hydrogens is 425 g/mol. The summed E-state index contributed by atoms with van der Waals surface area (Å²) in [7, 11) is 1.30. The summed E-state index contributed by atoms with van der Waals surface area (Å²) < 4.78 is 43.0. The summed E-state index contributed by atoms with van der Waals surface area (Å²) in [6.07, 6.45) is -0.400. The molecule has 1 aliphatic rings. The largest absolute Gasteiger partial charge is 0.469 e. The zero-order valence-electron chi connectivity index (χ0n) is 15.5. The number of benzene rings is 1. The van der Waals surface area contributed by atoms with Crippen molar-refractivity contribution >= 4 is 50.9 Å². The number of thiazole rings is 1. The van der Waals surface area contributed by atoms with Gasteiger partial charge >= 0.3 is 12.1 Å². The minimum atomic E-state index is -4.18. The first kappa shape index (κ1) is 21.6. The maximum atomic E-state index is 12.7. The average molecular weight is 445 g/mol. The Kier molecular flexibility index (Phi) is 6.84. The number of nitrogens with zero attached hydrogens (tertiary/aromatic N) is 1. The Morgan fingerprint density at radius 3 is 2.69 bits per heavy atom. The molecule has 3 rings (SSSR count). The number of anilines is 1. The highest BCUT2D eigenvalue weighted by atomic mass is 32.2. The Morgan fingerprint density at radius 2 is 2.00 bits per heavy atom. The molecule has 156 valence electrons. The van der Waals surface area contributed by atoms with Gasteiger partial charge in [-0.05, 0) is 31.0 Å². The molecule has 0 fully saturated rings. The molecule has 0 saturated heterocycles. The van der Waals surface area contributed by atoms with E-state index in [0.29, 0.717) is 28.4 Å². The summed E-state index contributed by atoms with van der Waals surface area (Å²) in [5, 5.41) is 2.83. The van der Waals surface area contributed by atoms with Crippen molar-refractivity contribution in [3.05, 3.63) is 30.4 Å². The number of halogens is 3. The first-order valence-corrected chi connectivity index (χ1v) is 10.7. The van der Waals surface area contributed by atoms with E-state index >= 15 is 0 Å². The maximum Gasteiger partial charge on any atom is 0.389 e. The number of allylic oxidation sites excluding steroid dienone is 2. The molecule has 0 aliphatic heterocycles. The van der Waals surface area contributed by atoms with E-state index in [2.05, 4.69) is 10.3 Å². The molecular formula is C19H19F3N2O3S2. The van der Waals surface area contributed by atoms with Gasteiger partial charge in [-0.1, -0.05) is 23.9 Å². The third-order valence-electron chi connectivity index (χ3n) is 4.52. The van der Waals surface area contributed by atoms with Crippen LogP contribution in [0.25, 0.3) is 10.2 Å². The molecule has 1 heterocycles. The average Bonchev–Trinajstić information content (AvgIpc) is 3.08. The Hall–Kier alpha value is -2.07. The highest BCUT2D eigenvalue weighted by molar-refractivity contribution is 8.01. The van der Waals surface area contributed by atoms with E-state index in [1.807, 2.05) is 12.2 Å². The number of hydrogen-bond acceptors (Lipinski definition) is 6. The van der Waals surface area contributed by atoms with Crippen LogP contribution < -0.4 is 5.32 Å². The second-order valence-electron chi connectivity index (χ2n) is 6.54. The van der Waals surface area contributed by atoms with Crippen molar-refractivity contribution in [2.75, 3.05) is 18.2 Å². The monoisotopic (exact) mass is 444 g/mol. The third-order valence-corrected chi connectivity index (χ3v) is 6.68. The topological polar surface area (TPSA) is 68.3 Å². The third kappa shape index (κ3) is 5.72. The van der Waals surface area contributed by atoms with Crippen LogP contribution in [0.3, 0.4) is 0 Å². The Morgan fingerprint density at radius 1 is 1.28 bits per heavy atom. The molecule has 1 N–H and O–H groups in total. The zero-order valence-corrected chi connectivity index (χ0v) is 17.1. The summed E-state index contributed by atoms with van der Waals surface area (Å²) in [4.78, 5) is 29.0. The van der Waals surface area contributed by atoms with Crippen LogP contribution in [-0.2, 0) is 14.3 Å². The summed E-state index contributed by atoms with van der Waals surface area (Å²) in [5.74, 6) is -1.80. The van der Waals surface area contributed by atoms with Crippen LogP contribution in [0.5, 0.6) is 0 Å². The fraction of sp³-hybridized carbons (Fsp3) is 0.421. The first-order valence-electron chi connectivity index (χ1n) is 8.90. The molecule has 1 aliphatic carbocycles. The Labute approximate surface area is 173 Å². The van der Waals surface area contributed by atoms with Crippen molar-refractivity contribution in [3.8, 4) is 0 Å². The maximum absolute atomic E-state index is 12.7. The lowest BCUT2D eigenvalue weighted by Gasteiger charge is -2.25. The number of hydrogen-bond donors (Lipinski definition) is 1. The van der Waals surface area contributed by atoms with E-state index in [1.165, 1.54) is 18.4 Å². The van der Waals surface area contributed by atoms with Gasteiger partial charge in [0.2, 0.25) is 5.91 Å². The fourth-order valence-electron chi connectivity index (χ4n) is 3.05. The molecule has 2 atom stereocenters. The molecule has 5 nitrogen and oxygen atoms in total. The number of carbonyl (C=O) groups excluding carboxylic acids is 2. The molecule has 10 heteroatoms. The molecule has 1 aromatic carbocycles. The fourth-order valence-corrected chi connectivity index (χ4v) is 5.21. The molecule has 1 aromatic heterocycles. The van der Waals surface area contributed by atoms with Crippen molar-refractivity contribution < 1.29 is 27.5 Å². The zero-order chi connectivity index (χ0) is 21.0. The van der Waals surface area contributed by atoms with E-state index in [1.54, 1.807) is 18.2 Å². The van der Waals surface area contributed by atoms with Crippen molar-refractivity contribution in [1.29, 1.82) is 0 Å². The number of nitrogens with one attached hydrogen (secondary N) is 1. The lowest BCUT2D eigenvalue weighted by molar-refractivity contribution is -0.149. The van der Waals surface area contributed by atoms with Gasteiger partial charge in [-0.3, -0.25) is 9.59 Å². The first-order chi connectivity index (χ1) is 13.8. The molecule has 29 heavy (non-hydrogen) atoms. The minimum absolute atomic E-state index is 0.0863. The standard InChI is InChI=1S/C19H19F3N2O3S2/c1-27-17(26)13-5-3-2-4-12(13)16(25)23-11-6-7-14-15(10-11)29-18(24-14)28-9-8-19(20,21)22/h2-3,6-7,10,12-13H,4-5,8-9H2,1H3,(H,23,25). The van der Waals surface area contributed by atoms with Crippen LogP contribution in [0.1, 0.15) is 19.3 Å². The van der Waals surface area contributed by atoms with Gasteiger partial charge in [-0.2, -0.15) is 13.2 Å². The minimum Gasteiger partial charge on any atom is -0.469 e. The Bertz CT molecular complexity index is 927. The summed E-state index contributed by atoms with van der Waals surface area (Å²) >= 11 is 2.34. The van der Waals surface area contributed by atoms with E-state index in [9.17, 15) is 22.8 Å². The number of rotatable bonds is 6. The van der Waals surface area contributed by atoms with Gasteiger partial charge < -0.3 is 10.1 Å². The highest BCUT2D eigenvalue weighted by Gasteiger charge is 2.34. The van der Waals surface area contributed by atoms with Gasteiger partial charge in [-0.15, -0.1) is 11.3 Å². The predicted octanol–water partition coefficient (Wildman–Crippen LogP) is 5.03. The number of amides is 1. The van der Waals surface area contributed by atoms with Gasteiger partial charge in [0.25, 0.3) is 0 Å². The number of thioether (sulfide) groups is 1. The number of aromatic nitrogens is 1. The van der Waals surface area contributed by atoms with Gasteiger partial charge in [-0.25, -0.2) is 4.98 Å². The Balaban J connectivity index is 1.67. The van der Waals surface area contributed by atoms with Crippen molar-refractivity contribution in [1.82, 2.24) is 4.98 Å². The van der Waals surface area contributed by atoms with E-state index < -0.39 is 30.4 Å². The normalized spacial score (nSPS) is 19.3. The van der Waals surface area contributed by atoms with Crippen LogP contribution >= 0.6 is 23.1 Å². The quantitative estimate of drug-likeness (QED) is 0.384. The number of fused-ring (bicyclic) bond motifs is 1. The van der Waals surface area contributed by atoms with Crippen molar-refractivity contribution in [2.24, 2.45) is 11.8 Å². The summed E-state index contributed by atoms with van der Waals surface area (Å²) in [6.45, 7) is 0. The summed E-state index contributed by atoms with van der Waals surface area (Å²) in [5.41, 5.74) is 1.21. The van der Waals surface area contributed by atoms with E-state index in [4.69, 9.17) is 4.74 Å². The molecule has 0 spiro atoms. The highest BCUT2D eigenvalue weighted by Crippen LogP contribution is 2.34. The van der Waals surface area contributed by atoms with Crippen molar-refractivity contribution in [2.45, 2.75) is 29.8 Å². The number of ether oxygens (including phenoxy) is 1. The van der Waals surface area contributed by atoms with Crippen LogP contribution in [0.15, 0.2) is 34.7 Å². The van der Waals surface area contributed by atoms with Gasteiger partial charge in [0.1, 0.15) is 0 Å².